The minimum absolute atomic E-state index is 0. The van der Waals surface area contributed by atoms with E-state index >= 15 is 0 Å². The molecule has 9 nitrogen and oxygen atoms in total. The van der Waals surface area contributed by atoms with Gasteiger partial charge in [-0.2, -0.15) is 0 Å². The molecule has 0 bridgehead atoms. The van der Waals surface area contributed by atoms with Crippen molar-refractivity contribution in [2.45, 2.75) is 0 Å². The van der Waals surface area contributed by atoms with Gasteiger partial charge in [0.2, 0.25) is 0 Å². The van der Waals surface area contributed by atoms with Gasteiger partial charge >= 0.3 is 21.1 Å². The molecule has 5 heterocycles. The van der Waals surface area contributed by atoms with Crippen LogP contribution in [0.5, 0.6) is 0 Å². The van der Waals surface area contributed by atoms with Crippen molar-refractivity contribution in [1.29, 1.82) is 0 Å². The Hall–Kier alpha value is -4.33. The summed E-state index contributed by atoms with van der Waals surface area (Å²) >= 11 is 6.15. The molecule has 0 aliphatic carbocycles. The first-order chi connectivity index (χ1) is 18.0. The average Bonchev–Trinajstić information content (AvgIpc) is 2.94. The third kappa shape index (κ3) is 10.7. The van der Waals surface area contributed by atoms with E-state index in [2.05, 4.69) is 37.1 Å². The van der Waals surface area contributed by atoms with Crippen molar-refractivity contribution in [2.24, 2.45) is 0 Å². The van der Waals surface area contributed by atoms with Gasteiger partial charge in [-0.3, -0.25) is 19.9 Å². The Kier molecular flexibility index (Phi) is 12.9. The molecule has 0 aliphatic heterocycles. The Morgan fingerprint density at radius 3 is 1.42 bits per heavy atom. The molecule has 1 N–H and O–H groups in total. The van der Waals surface area contributed by atoms with Gasteiger partial charge in [0.25, 0.3) is 5.09 Å². The third-order valence-electron chi connectivity index (χ3n) is 4.53. The molecule has 0 amide bonds. The monoisotopic (exact) mass is 707 g/mol. The van der Waals surface area contributed by atoms with Crippen molar-refractivity contribution >= 4 is 23.8 Å². The predicted octanol–water partition coefficient (Wildman–Crippen LogP) is 6.16. The number of pyridine rings is 5. The minimum atomic E-state index is -1.50. The van der Waals surface area contributed by atoms with Crippen molar-refractivity contribution in [2.75, 3.05) is 0 Å². The fraction of sp³-hybridized carbons (Fsp3) is 0. The van der Waals surface area contributed by atoms with E-state index < -0.39 is 5.09 Å². The molecule has 0 atom stereocenters. The Bertz CT molecular complexity index is 1310. The van der Waals surface area contributed by atoms with Crippen molar-refractivity contribution < 1.29 is 31.4 Å². The summed E-state index contributed by atoms with van der Waals surface area (Å²) in [7, 11) is 0. The minimum Gasteiger partial charge on any atom is -0.328 e. The van der Waals surface area contributed by atoms with Gasteiger partial charge in [-0.15, -0.1) is 10.1 Å². The third-order valence-corrected chi connectivity index (χ3v) is 4.74. The first kappa shape index (κ1) is 29.9. The van der Waals surface area contributed by atoms with Gasteiger partial charge in [0, 0.05) is 42.2 Å². The van der Waals surface area contributed by atoms with Gasteiger partial charge in [-0.1, -0.05) is 35.9 Å². The second-order valence-electron chi connectivity index (χ2n) is 7.12. The topological polar surface area (TPSA) is 128 Å². The number of nitrogens with zero attached hydrogens (tertiary/aromatic N) is 6. The van der Waals surface area contributed by atoms with Crippen LogP contribution in [-0.4, -0.2) is 35.2 Å². The van der Waals surface area contributed by atoms with Crippen LogP contribution in [-0.2, 0) is 21.1 Å². The molecule has 38 heavy (non-hydrogen) atoms. The Balaban J connectivity index is 0.000000236. The largest absolute Gasteiger partial charge is 2.00 e. The van der Waals surface area contributed by atoms with Crippen LogP contribution >= 0.6 is 11.6 Å². The summed E-state index contributed by atoms with van der Waals surface area (Å²) in [6, 6.07) is 22.9. The van der Waals surface area contributed by atoms with Gasteiger partial charge in [0.15, 0.2) is 0 Å². The van der Waals surface area contributed by atoms with Gasteiger partial charge < -0.3 is 5.21 Å². The quantitative estimate of drug-likeness (QED) is 0.174. The number of rotatable bonds is 4. The predicted molar refractivity (Wildman–Crippen MR) is 142 cm³/mol. The van der Waals surface area contributed by atoms with E-state index in [1.54, 1.807) is 49.3 Å². The fourth-order valence-corrected chi connectivity index (χ4v) is 3.14. The Labute approximate surface area is 238 Å². The number of aromatic nitrogens is 5. The van der Waals surface area contributed by atoms with Crippen LogP contribution in [0.2, 0.25) is 5.02 Å². The van der Waals surface area contributed by atoms with Crippen LogP contribution in [0.1, 0.15) is 11.1 Å². The molecule has 0 aliphatic rings. The SMILES string of the molecule is C(=C\c1ccncc1)/c1ccncc1.Clc1cc(-c2ccccn2)nc(-c2ccccn2)c1.O=[N+]([O-])O.[Pt+2]. The number of hydrogen-bond acceptors (Lipinski definition) is 7. The van der Waals surface area contributed by atoms with Crippen LogP contribution in [0.4, 0.5) is 0 Å². The van der Waals surface area contributed by atoms with E-state index in [9.17, 15) is 0 Å². The first-order valence-electron chi connectivity index (χ1n) is 10.8. The molecule has 0 saturated heterocycles. The molecular weight excluding hydrogens is 687 g/mol. The normalized spacial score (nSPS) is 9.71. The summed E-state index contributed by atoms with van der Waals surface area (Å²) in [6.45, 7) is 0. The molecule has 0 saturated carbocycles. The fourth-order valence-electron chi connectivity index (χ4n) is 2.93. The first-order valence-corrected chi connectivity index (χ1v) is 11.2. The second-order valence-corrected chi connectivity index (χ2v) is 7.55. The van der Waals surface area contributed by atoms with E-state index in [4.69, 9.17) is 26.9 Å². The zero-order valence-electron chi connectivity index (χ0n) is 19.7. The van der Waals surface area contributed by atoms with E-state index in [-0.39, 0.29) is 21.1 Å². The van der Waals surface area contributed by atoms with E-state index in [1.807, 2.05) is 60.7 Å². The molecule has 5 aromatic rings. The van der Waals surface area contributed by atoms with E-state index in [0.29, 0.717) is 5.02 Å². The second kappa shape index (κ2) is 16.4. The molecule has 192 valence electrons. The molecular formula is C27H21ClN6O3Pt+2. The zero-order chi connectivity index (χ0) is 26.3. The van der Waals surface area contributed by atoms with Gasteiger partial charge in [-0.25, -0.2) is 4.98 Å². The molecule has 0 unspecified atom stereocenters. The van der Waals surface area contributed by atoms with E-state index in [1.165, 1.54) is 0 Å². The zero-order valence-corrected chi connectivity index (χ0v) is 22.7. The maximum atomic E-state index is 8.36. The Morgan fingerprint density at radius 1 is 0.684 bits per heavy atom. The van der Waals surface area contributed by atoms with Gasteiger partial charge in [0.05, 0.1) is 22.8 Å². The number of hydrogen-bond donors (Lipinski definition) is 1. The van der Waals surface area contributed by atoms with Gasteiger partial charge in [0.1, 0.15) is 0 Å². The summed E-state index contributed by atoms with van der Waals surface area (Å²) in [6.07, 6.45) is 14.7. The van der Waals surface area contributed by atoms with Crippen molar-refractivity contribution in [3.05, 3.63) is 136 Å². The summed E-state index contributed by atoms with van der Waals surface area (Å²) in [5.74, 6) is 0. The molecule has 11 heteroatoms. The molecule has 5 rings (SSSR count). The van der Waals surface area contributed by atoms with Crippen LogP contribution in [0.3, 0.4) is 0 Å². The van der Waals surface area contributed by atoms with Crippen molar-refractivity contribution in [1.82, 2.24) is 24.9 Å². The van der Waals surface area contributed by atoms with Crippen LogP contribution in [0.25, 0.3) is 34.9 Å². The molecule has 0 spiro atoms. The maximum absolute atomic E-state index is 8.36. The summed E-state index contributed by atoms with van der Waals surface area (Å²) in [5.41, 5.74) is 5.38. The average molecular weight is 708 g/mol. The van der Waals surface area contributed by atoms with Crippen LogP contribution in [0, 0.1) is 10.1 Å². The number of halogens is 1. The van der Waals surface area contributed by atoms with Crippen LogP contribution < -0.4 is 0 Å². The summed E-state index contributed by atoms with van der Waals surface area (Å²) in [5, 5.41) is 14.3. The molecule has 0 aromatic carbocycles. The Morgan fingerprint density at radius 2 is 1.08 bits per heavy atom. The van der Waals surface area contributed by atoms with E-state index in [0.717, 1.165) is 33.9 Å². The standard InChI is InChI=1S/C15H10ClN3.C12H10N2.HNO3.Pt/c16-11-9-14(12-5-1-3-7-17-12)19-15(10-11)13-6-2-4-8-18-13;1(11-3-7-13-8-4-11)2-12-5-9-14-10-6-12;2-1(3)4;/h1-10H;1-10H;(H,2,3,4);/q;;;+2/b;2-1+;;. The van der Waals surface area contributed by atoms with Gasteiger partial charge in [-0.05, 0) is 71.8 Å². The maximum Gasteiger partial charge on any atom is 2.00 e. The summed E-state index contributed by atoms with van der Waals surface area (Å²) < 4.78 is 0. The molecule has 0 fully saturated rings. The van der Waals surface area contributed by atoms with Crippen LogP contribution in [0.15, 0.2) is 110 Å². The molecule has 0 radical (unpaired) electrons. The molecule has 5 aromatic heterocycles. The van der Waals surface area contributed by atoms with Crippen molar-refractivity contribution in [3.8, 4) is 22.8 Å². The summed E-state index contributed by atoms with van der Waals surface area (Å²) in [4.78, 5) is 29.4. The smallest absolute Gasteiger partial charge is 0.328 e. The van der Waals surface area contributed by atoms with Crippen molar-refractivity contribution in [3.63, 3.8) is 0 Å².